The van der Waals surface area contributed by atoms with E-state index >= 15 is 0 Å². The van der Waals surface area contributed by atoms with E-state index in [0.29, 0.717) is 15.1 Å². The molecule has 5 nitrogen and oxygen atoms in total. The standard InChI is InChI=1S/C24H17BrF3NO4S/c1-12-8-9-34-22(12)19-18(20(30)13-6-7-17(33-2)16(25)10-13)21(31)23(32)29(19)15-5-3-4-14(11-15)24(26,27)28/h3-11,19,30H,1-2H3/b20-18-. The van der Waals surface area contributed by atoms with E-state index in [4.69, 9.17) is 4.74 Å². The number of Topliss-reactive ketones (excluding diaryl/α,β-unsaturated/α-hetero) is 1. The highest BCUT2D eigenvalue weighted by atomic mass is 79.9. The number of carbonyl (C=O) groups excluding carboxylic acids is 2. The van der Waals surface area contributed by atoms with Gasteiger partial charge in [-0.2, -0.15) is 13.2 Å². The van der Waals surface area contributed by atoms with Crippen molar-refractivity contribution in [2.24, 2.45) is 0 Å². The summed E-state index contributed by atoms with van der Waals surface area (Å²) in [4.78, 5) is 27.8. The number of aryl methyl sites for hydroxylation is 1. The molecule has 1 N–H and O–H groups in total. The van der Waals surface area contributed by atoms with Crippen LogP contribution in [0.2, 0.25) is 0 Å². The predicted octanol–water partition coefficient (Wildman–Crippen LogP) is 6.47. The number of nitrogens with zero attached hydrogens (tertiary/aromatic N) is 1. The fourth-order valence-corrected chi connectivity index (χ4v) is 5.38. The number of rotatable bonds is 4. The van der Waals surface area contributed by atoms with Crippen LogP contribution in [0.3, 0.4) is 0 Å². The molecule has 10 heteroatoms. The van der Waals surface area contributed by atoms with Gasteiger partial charge in [-0.05, 0) is 76.3 Å². The lowest BCUT2D eigenvalue weighted by molar-refractivity contribution is -0.137. The number of anilines is 1. The van der Waals surface area contributed by atoms with E-state index in [1.54, 1.807) is 24.4 Å². The van der Waals surface area contributed by atoms with Crippen molar-refractivity contribution >= 4 is 50.4 Å². The molecule has 1 unspecified atom stereocenters. The molecule has 1 amide bonds. The van der Waals surface area contributed by atoms with E-state index in [1.807, 2.05) is 0 Å². The highest BCUT2D eigenvalue weighted by molar-refractivity contribution is 9.10. The zero-order valence-corrected chi connectivity index (χ0v) is 20.2. The second-order valence-electron chi connectivity index (χ2n) is 7.53. The first-order chi connectivity index (χ1) is 16.0. The number of halogens is 4. The number of carbonyl (C=O) groups is 2. The summed E-state index contributed by atoms with van der Waals surface area (Å²) in [6.45, 7) is 1.77. The first-order valence-corrected chi connectivity index (χ1v) is 11.6. The van der Waals surface area contributed by atoms with Gasteiger partial charge in [0.15, 0.2) is 0 Å². The fraction of sp³-hybridized carbons (Fsp3) is 0.167. The molecular formula is C24H17BrF3NO4S. The third kappa shape index (κ3) is 4.12. The van der Waals surface area contributed by atoms with Crippen molar-refractivity contribution in [3.8, 4) is 5.75 Å². The number of hydrogen-bond donors (Lipinski definition) is 1. The van der Waals surface area contributed by atoms with Crippen LogP contribution in [-0.2, 0) is 15.8 Å². The van der Waals surface area contributed by atoms with Crippen molar-refractivity contribution in [1.82, 2.24) is 0 Å². The van der Waals surface area contributed by atoms with Gasteiger partial charge in [-0.1, -0.05) is 6.07 Å². The first-order valence-electron chi connectivity index (χ1n) is 9.90. The quantitative estimate of drug-likeness (QED) is 0.229. The van der Waals surface area contributed by atoms with E-state index in [0.717, 1.165) is 22.6 Å². The van der Waals surface area contributed by atoms with Crippen LogP contribution in [0.15, 0.2) is 64.0 Å². The number of ketones is 1. The van der Waals surface area contributed by atoms with E-state index in [1.165, 1.54) is 42.7 Å². The molecule has 1 aliphatic rings. The number of alkyl halides is 3. The Morgan fingerprint density at radius 2 is 1.88 bits per heavy atom. The summed E-state index contributed by atoms with van der Waals surface area (Å²) < 4.78 is 45.8. The second kappa shape index (κ2) is 8.92. The van der Waals surface area contributed by atoms with Crippen molar-refractivity contribution in [2.45, 2.75) is 19.1 Å². The van der Waals surface area contributed by atoms with Crippen LogP contribution in [0.25, 0.3) is 5.76 Å². The normalized spacial score (nSPS) is 17.9. The summed E-state index contributed by atoms with van der Waals surface area (Å²) in [6.07, 6.45) is -4.63. The van der Waals surface area contributed by atoms with Crippen LogP contribution >= 0.6 is 27.3 Å². The van der Waals surface area contributed by atoms with Gasteiger partial charge in [0.1, 0.15) is 17.6 Å². The van der Waals surface area contributed by atoms with Crippen LogP contribution in [-0.4, -0.2) is 23.9 Å². The fourth-order valence-electron chi connectivity index (χ4n) is 3.81. The second-order valence-corrected chi connectivity index (χ2v) is 9.34. The van der Waals surface area contributed by atoms with Crippen molar-refractivity contribution in [3.63, 3.8) is 0 Å². The highest BCUT2D eigenvalue weighted by Crippen LogP contribution is 2.46. The maximum absolute atomic E-state index is 13.4. The average molecular weight is 552 g/mol. The molecule has 0 saturated carbocycles. The molecule has 176 valence electrons. The lowest BCUT2D eigenvalue weighted by Crippen LogP contribution is -2.29. The minimum atomic E-state index is -4.63. The molecule has 0 spiro atoms. The van der Waals surface area contributed by atoms with Gasteiger partial charge in [-0.25, -0.2) is 0 Å². The Balaban J connectivity index is 1.94. The average Bonchev–Trinajstić information content (AvgIpc) is 3.33. The van der Waals surface area contributed by atoms with Gasteiger partial charge in [0, 0.05) is 16.1 Å². The molecule has 2 heterocycles. The zero-order chi connectivity index (χ0) is 24.8. The number of aliphatic hydroxyl groups excluding tert-OH is 1. The summed E-state index contributed by atoms with van der Waals surface area (Å²) in [6, 6.07) is 9.54. The predicted molar refractivity (Wildman–Crippen MR) is 126 cm³/mol. The van der Waals surface area contributed by atoms with E-state index in [9.17, 15) is 27.9 Å². The van der Waals surface area contributed by atoms with Crippen molar-refractivity contribution in [1.29, 1.82) is 0 Å². The van der Waals surface area contributed by atoms with Gasteiger partial charge in [0.05, 0.1) is 22.7 Å². The SMILES string of the molecule is COc1ccc(/C(O)=C2/C(=O)C(=O)N(c3cccc(C(F)(F)F)c3)C2c2sccc2C)cc1Br. The molecule has 1 aliphatic heterocycles. The first kappa shape index (κ1) is 24.0. The number of amides is 1. The molecule has 0 radical (unpaired) electrons. The van der Waals surface area contributed by atoms with Crippen LogP contribution in [0.4, 0.5) is 18.9 Å². The molecule has 1 aromatic heterocycles. The van der Waals surface area contributed by atoms with E-state index < -0.39 is 35.2 Å². The van der Waals surface area contributed by atoms with Gasteiger partial charge >= 0.3 is 6.18 Å². The Hall–Kier alpha value is -3.11. The summed E-state index contributed by atoms with van der Waals surface area (Å²) >= 11 is 4.57. The van der Waals surface area contributed by atoms with Gasteiger partial charge in [0.2, 0.25) is 0 Å². The maximum Gasteiger partial charge on any atom is 0.416 e. The van der Waals surface area contributed by atoms with Crippen molar-refractivity contribution in [3.05, 3.63) is 85.5 Å². The van der Waals surface area contributed by atoms with Crippen LogP contribution in [0.1, 0.15) is 27.6 Å². The number of thiophene rings is 1. The maximum atomic E-state index is 13.4. The molecule has 1 fully saturated rings. The number of benzene rings is 2. The molecule has 0 aliphatic carbocycles. The summed E-state index contributed by atoms with van der Waals surface area (Å²) in [5.74, 6) is -1.95. The lowest BCUT2D eigenvalue weighted by atomic mass is 9.98. The summed E-state index contributed by atoms with van der Waals surface area (Å²) in [7, 11) is 1.47. The number of aliphatic hydroxyl groups is 1. The number of methoxy groups -OCH3 is 1. The van der Waals surface area contributed by atoms with Crippen molar-refractivity contribution < 1.29 is 32.6 Å². The Morgan fingerprint density at radius 3 is 2.47 bits per heavy atom. The number of ether oxygens (including phenoxy) is 1. The molecule has 3 aromatic rings. The Morgan fingerprint density at radius 1 is 1.15 bits per heavy atom. The molecule has 4 rings (SSSR count). The molecule has 1 atom stereocenters. The zero-order valence-electron chi connectivity index (χ0n) is 17.8. The minimum absolute atomic E-state index is 0.0929. The number of hydrogen-bond acceptors (Lipinski definition) is 5. The van der Waals surface area contributed by atoms with Gasteiger partial charge in [-0.15, -0.1) is 11.3 Å². The Labute approximate surface area is 205 Å². The van der Waals surface area contributed by atoms with E-state index in [-0.39, 0.29) is 16.8 Å². The molecular weight excluding hydrogens is 535 g/mol. The molecule has 34 heavy (non-hydrogen) atoms. The summed E-state index contributed by atoms with van der Waals surface area (Å²) in [5, 5.41) is 12.9. The monoisotopic (exact) mass is 551 g/mol. The van der Waals surface area contributed by atoms with Crippen LogP contribution in [0.5, 0.6) is 5.75 Å². The third-order valence-corrected chi connectivity index (χ3v) is 7.16. The molecule has 0 bridgehead atoms. The molecule has 1 saturated heterocycles. The smallest absolute Gasteiger partial charge is 0.416 e. The Bertz CT molecular complexity index is 1330. The van der Waals surface area contributed by atoms with Gasteiger partial charge < -0.3 is 9.84 Å². The highest BCUT2D eigenvalue weighted by Gasteiger charge is 2.48. The van der Waals surface area contributed by atoms with Crippen LogP contribution in [0, 0.1) is 6.92 Å². The largest absolute Gasteiger partial charge is 0.507 e. The van der Waals surface area contributed by atoms with Crippen LogP contribution < -0.4 is 9.64 Å². The Kier molecular flexibility index (Phi) is 6.30. The molecule has 2 aromatic carbocycles. The summed E-state index contributed by atoms with van der Waals surface area (Å²) in [5.41, 5.74) is -0.271. The third-order valence-electron chi connectivity index (χ3n) is 5.47. The van der Waals surface area contributed by atoms with E-state index in [2.05, 4.69) is 15.9 Å². The minimum Gasteiger partial charge on any atom is -0.507 e. The van der Waals surface area contributed by atoms with Gasteiger partial charge in [0.25, 0.3) is 11.7 Å². The topological polar surface area (TPSA) is 66.8 Å². The van der Waals surface area contributed by atoms with Crippen molar-refractivity contribution in [2.75, 3.05) is 12.0 Å². The lowest BCUT2D eigenvalue weighted by Gasteiger charge is -2.25. The van der Waals surface area contributed by atoms with Gasteiger partial charge in [-0.3, -0.25) is 14.5 Å².